The summed E-state index contributed by atoms with van der Waals surface area (Å²) in [5.41, 5.74) is 1.12. The lowest BCUT2D eigenvalue weighted by atomic mass is 10.2. The van der Waals surface area contributed by atoms with E-state index in [1.165, 1.54) is 10.9 Å². The molecule has 3 aromatic rings. The number of carbonyl (C=O) groups excluding carboxylic acids is 2. The molecule has 2 aromatic carbocycles. The van der Waals surface area contributed by atoms with E-state index in [0.717, 1.165) is 6.20 Å². The number of rotatable bonds is 11. The average Bonchev–Trinajstić information content (AvgIpc) is 3.31. The van der Waals surface area contributed by atoms with Gasteiger partial charge >= 0.3 is 5.69 Å². The van der Waals surface area contributed by atoms with Crippen molar-refractivity contribution < 1.29 is 24.0 Å². The summed E-state index contributed by atoms with van der Waals surface area (Å²) >= 11 is 0. The molecule has 178 valence electrons. The van der Waals surface area contributed by atoms with Crippen LogP contribution in [0.25, 0.3) is 0 Å². The molecule has 0 bridgehead atoms. The van der Waals surface area contributed by atoms with Crippen LogP contribution in [-0.4, -0.2) is 39.7 Å². The summed E-state index contributed by atoms with van der Waals surface area (Å²) in [4.78, 5) is 35.4. The zero-order valence-corrected chi connectivity index (χ0v) is 18.8. The molecule has 0 aliphatic heterocycles. The highest BCUT2D eigenvalue weighted by Crippen LogP contribution is 2.37. The van der Waals surface area contributed by atoms with Gasteiger partial charge in [0.2, 0.25) is 5.91 Å². The third kappa shape index (κ3) is 6.31. The van der Waals surface area contributed by atoms with Gasteiger partial charge in [-0.25, -0.2) is 0 Å². The molecule has 0 saturated carbocycles. The quantitative estimate of drug-likeness (QED) is 0.322. The van der Waals surface area contributed by atoms with E-state index < -0.39 is 4.92 Å². The number of amides is 2. The first-order valence-electron chi connectivity index (χ1n) is 10.7. The fourth-order valence-electron chi connectivity index (χ4n) is 3.09. The zero-order chi connectivity index (χ0) is 24.5. The Morgan fingerprint density at radius 2 is 1.65 bits per heavy atom. The van der Waals surface area contributed by atoms with Gasteiger partial charge in [0.15, 0.2) is 0 Å². The van der Waals surface area contributed by atoms with Gasteiger partial charge in [0.1, 0.15) is 23.9 Å². The molecule has 3 rings (SSSR count). The van der Waals surface area contributed by atoms with Crippen molar-refractivity contribution in [1.29, 1.82) is 0 Å². The van der Waals surface area contributed by atoms with E-state index in [4.69, 9.17) is 9.47 Å². The van der Waals surface area contributed by atoms with Gasteiger partial charge in [-0.3, -0.25) is 24.4 Å². The summed E-state index contributed by atoms with van der Waals surface area (Å²) in [5.74, 6) is 0.0716. The first-order valence-corrected chi connectivity index (χ1v) is 10.7. The maximum absolute atomic E-state index is 12.6. The molecule has 0 fully saturated rings. The molecule has 0 atom stereocenters. The van der Waals surface area contributed by atoms with Crippen LogP contribution in [0.5, 0.6) is 11.5 Å². The smallest absolute Gasteiger partial charge is 0.306 e. The summed E-state index contributed by atoms with van der Waals surface area (Å²) in [5, 5.41) is 20.3. The molecular formula is C23H25N5O6. The van der Waals surface area contributed by atoms with Crippen molar-refractivity contribution in [2.24, 2.45) is 0 Å². The third-order valence-corrected chi connectivity index (χ3v) is 4.64. The maximum atomic E-state index is 12.6. The van der Waals surface area contributed by atoms with Crippen molar-refractivity contribution in [3.05, 3.63) is 70.5 Å². The molecule has 0 saturated heterocycles. The van der Waals surface area contributed by atoms with Crippen molar-refractivity contribution in [2.75, 3.05) is 23.8 Å². The number of ether oxygens (including phenoxy) is 2. The molecule has 0 radical (unpaired) electrons. The second kappa shape index (κ2) is 11.5. The van der Waals surface area contributed by atoms with Crippen molar-refractivity contribution >= 4 is 28.9 Å². The van der Waals surface area contributed by atoms with Crippen molar-refractivity contribution in [3.63, 3.8) is 0 Å². The number of nitrogens with zero attached hydrogens (tertiary/aromatic N) is 3. The van der Waals surface area contributed by atoms with Crippen LogP contribution in [0.4, 0.5) is 17.1 Å². The highest BCUT2D eigenvalue weighted by atomic mass is 16.6. The van der Waals surface area contributed by atoms with Crippen molar-refractivity contribution in [2.45, 2.75) is 26.8 Å². The molecule has 0 unspecified atom stereocenters. The minimum absolute atomic E-state index is 0.0286. The number of benzene rings is 2. The minimum Gasteiger partial charge on any atom is -0.492 e. The molecule has 11 heteroatoms. The molecular weight excluding hydrogens is 442 g/mol. The highest BCUT2D eigenvalue weighted by Gasteiger charge is 2.17. The number of nitro groups is 1. The lowest BCUT2D eigenvalue weighted by molar-refractivity contribution is -0.385. The van der Waals surface area contributed by atoms with Gasteiger partial charge in [0.25, 0.3) is 5.91 Å². The Labute approximate surface area is 195 Å². The summed E-state index contributed by atoms with van der Waals surface area (Å²) in [6.07, 6.45) is 2.42. The number of hydrogen-bond acceptors (Lipinski definition) is 7. The fraction of sp³-hybridized carbons (Fsp3) is 0.261. The van der Waals surface area contributed by atoms with Gasteiger partial charge in [-0.15, -0.1) is 0 Å². The first kappa shape index (κ1) is 24.2. The number of carbonyl (C=O) groups is 2. The molecule has 0 aliphatic carbocycles. The van der Waals surface area contributed by atoms with Crippen LogP contribution in [0, 0.1) is 10.1 Å². The number of aryl methyl sites for hydroxylation is 1. The fourth-order valence-corrected chi connectivity index (χ4v) is 3.09. The topological polar surface area (TPSA) is 138 Å². The van der Waals surface area contributed by atoms with Crippen LogP contribution < -0.4 is 20.1 Å². The Bertz CT molecular complexity index is 1160. The van der Waals surface area contributed by atoms with Crippen molar-refractivity contribution in [3.8, 4) is 11.5 Å². The van der Waals surface area contributed by atoms with Gasteiger partial charge in [-0.05, 0) is 26.0 Å². The Kier molecular flexibility index (Phi) is 8.16. The Morgan fingerprint density at radius 1 is 1.03 bits per heavy atom. The molecule has 1 aromatic heterocycles. The summed E-state index contributed by atoms with van der Waals surface area (Å²) in [7, 11) is 0. The molecule has 11 nitrogen and oxygen atoms in total. The van der Waals surface area contributed by atoms with E-state index in [2.05, 4.69) is 15.7 Å². The van der Waals surface area contributed by atoms with E-state index in [9.17, 15) is 19.7 Å². The normalized spacial score (nSPS) is 10.4. The van der Waals surface area contributed by atoms with Gasteiger partial charge in [-0.1, -0.05) is 18.2 Å². The standard InChI is InChI=1S/C23H25N5O6/c1-3-33-20-13-19(26-23(30)16-8-6-5-7-9-16)21(34-4-2)12-18(20)25-22(29)10-11-27-15-17(14-24-27)28(31)32/h5-9,12-15H,3-4,10-11H2,1-2H3,(H,25,29)(H,26,30). The second-order valence-corrected chi connectivity index (χ2v) is 7.05. The number of hydrogen-bond donors (Lipinski definition) is 2. The molecule has 0 aliphatic rings. The van der Waals surface area contributed by atoms with Crippen LogP contribution in [0.2, 0.25) is 0 Å². The second-order valence-electron chi connectivity index (χ2n) is 7.05. The molecule has 2 N–H and O–H groups in total. The maximum Gasteiger partial charge on any atom is 0.306 e. The lowest BCUT2D eigenvalue weighted by Crippen LogP contribution is -2.17. The predicted octanol–water partition coefficient (Wildman–Crippen LogP) is 3.87. The lowest BCUT2D eigenvalue weighted by Gasteiger charge is -2.18. The number of aromatic nitrogens is 2. The molecule has 1 heterocycles. The van der Waals surface area contributed by atoms with Gasteiger partial charge in [0, 0.05) is 30.7 Å². The van der Waals surface area contributed by atoms with E-state index in [-0.39, 0.29) is 30.5 Å². The van der Waals surface area contributed by atoms with Crippen LogP contribution >= 0.6 is 0 Å². The van der Waals surface area contributed by atoms with Crippen LogP contribution in [0.3, 0.4) is 0 Å². The van der Waals surface area contributed by atoms with Crippen LogP contribution in [-0.2, 0) is 11.3 Å². The van der Waals surface area contributed by atoms with Crippen LogP contribution in [0.1, 0.15) is 30.6 Å². The predicted molar refractivity (Wildman–Crippen MR) is 125 cm³/mol. The van der Waals surface area contributed by atoms with Gasteiger partial charge in [0.05, 0.1) is 29.5 Å². The third-order valence-electron chi connectivity index (χ3n) is 4.64. The summed E-state index contributed by atoms with van der Waals surface area (Å²) < 4.78 is 12.7. The van der Waals surface area contributed by atoms with E-state index in [1.54, 1.807) is 50.2 Å². The summed E-state index contributed by atoms with van der Waals surface area (Å²) in [6, 6.07) is 11.9. The van der Waals surface area contributed by atoms with Gasteiger partial charge in [-0.2, -0.15) is 5.10 Å². The monoisotopic (exact) mass is 467 g/mol. The van der Waals surface area contributed by atoms with Crippen LogP contribution in [0.15, 0.2) is 54.9 Å². The SMILES string of the molecule is CCOc1cc(NC(=O)c2ccccc2)c(OCC)cc1NC(=O)CCn1cc([N+](=O)[O-])cn1. The van der Waals surface area contributed by atoms with Gasteiger partial charge < -0.3 is 20.1 Å². The Hall–Kier alpha value is -4.41. The minimum atomic E-state index is -0.550. The Morgan fingerprint density at radius 3 is 2.21 bits per heavy atom. The number of anilines is 2. The zero-order valence-electron chi connectivity index (χ0n) is 18.8. The largest absolute Gasteiger partial charge is 0.492 e. The van der Waals surface area contributed by atoms with Crippen molar-refractivity contribution in [1.82, 2.24) is 9.78 Å². The summed E-state index contributed by atoms with van der Waals surface area (Å²) in [6.45, 7) is 4.44. The molecule has 2 amide bonds. The van der Waals surface area contributed by atoms with E-state index >= 15 is 0 Å². The number of nitrogens with one attached hydrogen (secondary N) is 2. The Balaban J connectivity index is 1.77. The highest BCUT2D eigenvalue weighted by molar-refractivity contribution is 6.05. The van der Waals surface area contributed by atoms with E-state index in [1.807, 2.05) is 6.07 Å². The molecule has 0 spiro atoms. The first-order chi connectivity index (χ1) is 16.4. The average molecular weight is 467 g/mol. The van der Waals surface area contributed by atoms with E-state index in [0.29, 0.717) is 41.7 Å². The molecule has 34 heavy (non-hydrogen) atoms.